The van der Waals surface area contributed by atoms with Crippen molar-refractivity contribution in [1.82, 2.24) is 4.90 Å². The third kappa shape index (κ3) is 4.35. The van der Waals surface area contributed by atoms with Crippen molar-refractivity contribution in [3.63, 3.8) is 0 Å². The highest BCUT2D eigenvalue weighted by atomic mass is 35.5. The molecule has 4 nitrogen and oxygen atoms in total. The first-order chi connectivity index (χ1) is 9.97. The van der Waals surface area contributed by atoms with Crippen LogP contribution in [0, 0.1) is 5.92 Å². The first kappa shape index (κ1) is 16.1. The van der Waals surface area contributed by atoms with Gasteiger partial charge in [-0.2, -0.15) is 0 Å². The summed E-state index contributed by atoms with van der Waals surface area (Å²) in [6.45, 7) is 1.20. The van der Waals surface area contributed by atoms with Crippen LogP contribution in [0.3, 0.4) is 0 Å². The number of likely N-dealkylation sites (tertiary alicyclic amines) is 1. The van der Waals surface area contributed by atoms with Crippen molar-refractivity contribution in [1.29, 1.82) is 0 Å². The quantitative estimate of drug-likeness (QED) is 0.919. The predicted octanol–water partition coefficient (Wildman–Crippen LogP) is 3.71. The molecule has 1 aromatic rings. The fourth-order valence-corrected chi connectivity index (χ4v) is 3.14. The summed E-state index contributed by atoms with van der Waals surface area (Å²) in [5, 5.41) is 9.70. The molecule has 0 bridgehead atoms. The van der Waals surface area contributed by atoms with Crippen molar-refractivity contribution in [2.45, 2.75) is 25.7 Å². The van der Waals surface area contributed by atoms with Crippen LogP contribution in [-0.2, 0) is 4.79 Å². The van der Waals surface area contributed by atoms with Gasteiger partial charge in [0, 0.05) is 24.5 Å². The molecule has 2 rings (SSSR count). The van der Waals surface area contributed by atoms with Crippen LogP contribution < -0.4 is 0 Å². The van der Waals surface area contributed by atoms with Crippen LogP contribution in [0.1, 0.15) is 36.0 Å². The number of carbonyl (C=O) groups is 2. The topological polar surface area (TPSA) is 57.6 Å². The molecule has 0 aliphatic carbocycles. The molecule has 1 amide bonds. The predicted molar refractivity (Wildman–Crippen MR) is 82.0 cm³/mol. The summed E-state index contributed by atoms with van der Waals surface area (Å²) in [6.07, 6.45) is 2.53. The number of carboxylic acids is 1. The number of halogens is 2. The van der Waals surface area contributed by atoms with Gasteiger partial charge in [0.15, 0.2) is 0 Å². The van der Waals surface area contributed by atoms with E-state index in [1.165, 1.54) is 0 Å². The second-order valence-electron chi connectivity index (χ2n) is 5.31. The zero-order valence-electron chi connectivity index (χ0n) is 11.5. The van der Waals surface area contributed by atoms with Gasteiger partial charge in [0.1, 0.15) is 0 Å². The number of hydrogen-bond acceptors (Lipinski definition) is 2. The van der Waals surface area contributed by atoms with E-state index in [0.717, 1.165) is 12.8 Å². The van der Waals surface area contributed by atoms with E-state index in [0.29, 0.717) is 35.1 Å². The molecule has 114 valence electrons. The molecule has 1 aliphatic rings. The highest BCUT2D eigenvalue weighted by molar-refractivity contribution is 6.36. The van der Waals surface area contributed by atoms with Crippen molar-refractivity contribution >= 4 is 35.1 Å². The molecule has 1 fully saturated rings. The monoisotopic (exact) mass is 329 g/mol. The highest BCUT2D eigenvalue weighted by Crippen LogP contribution is 2.25. The van der Waals surface area contributed by atoms with E-state index in [4.69, 9.17) is 28.3 Å². The summed E-state index contributed by atoms with van der Waals surface area (Å²) < 4.78 is 0. The maximum atomic E-state index is 12.5. The lowest BCUT2D eigenvalue weighted by molar-refractivity contribution is -0.138. The van der Waals surface area contributed by atoms with Gasteiger partial charge in [-0.05, 0) is 43.4 Å². The maximum absolute atomic E-state index is 12.5. The lowest BCUT2D eigenvalue weighted by Gasteiger charge is -2.21. The number of aliphatic carboxylic acids is 1. The summed E-state index contributed by atoms with van der Waals surface area (Å²) in [7, 11) is 0. The molecule has 0 radical (unpaired) electrons. The van der Waals surface area contributed by atoms with Crippen LogP contribution in [0.15, 0.2) is 18.2 Å². The Hall–Kier alpha value is -1.26. The minimum absolute atomic E-state index is 0.118. The Bertz CT molecular complexity index is 548. The molecule has 21 heavy (non-hydrogen) atoms. The van der Waals surface area contributed by atoms with Gasteiger partial charge in [-0.15, -0.1) is 0 Å². The smallest absolute Gasteiger partial charge is 0.303 e. The third-order valence-corrected chi connectivity index (χ3v) is 4.31. The van der Waals surface area contributed by atoms with E-state index in [1.54, 1.807) is 23.1 Å². The summed E-state index contributed by atoms with van der Waals surface area (Å²) in [6, 6.07) is 4.83. The lowest BCUT2D eigenvalue weighted by Crippen LogP contribution is -2.32. The zero-order chi connectivity index (χ0) is 15.4. The number of amides is 1. The standard InChI is InChI=1S/C15H17Cl2NO3/c16-11-3-4-12(13(17)9-11)15(21)18-6-1-2-10(5-7-18)8-14(19)20/h3-4,9-10H,1-2,5-8H2,(H,19,20)/t10-/m0/s1. The van der Waals surface area contributed by atoms with Crippen LogP contribution >= 0.6 is 23.2 Å². The zero-order valence-corrected chi connectivity index (χ0v) is 13.0. The molecule has 0 aromatic heterocycles. The Labute approximate surface area is 133 Å². The molecule has 0 unspecified atom stereocenters. The summed E-state index contributed by atoms with van der Waals surface area (Å²) in [5.74, 6) is -0.755. The van der Waals surface area contributed by atoms with Gasteiger partial charge in [-0.3, -0.25) is 9.59 Å². The molecule has 1 aromatic carbocycles. The van der Waals surface area contributed by atoms with Gasteiger partial charge in [0.25, 0.3) is 5.91 Å². The number of benzene rings is 1. The molecule has 1 saturated heterocycles. The van der Waals surface area contributed by atoms with Crippen molar-refractivity contribution in [2.75, 3.05) is 13.1 Å². The number of rotatable bonds is 3. The van der Waals surface area contributed by atoms with Crippen LogP contribution in [0.4, 0.5) is 0 Å². The number of carboxylic acid groups (broad SMARTS) is 1. The number of carbonyl (C=O) groups excluding carboxylic acids is 1. The molecule has 1 N–H and O–H groups in total. The fraction of sp³-hybridized carbons (Fsp3) is 0.467. The van der Waals surface area contributed by atoms with Crippen molar-refractivity contribution in [2.24, 2.45) is 5.92 Å². The van der Waals surface area contributed by atoms with Crippen LogP contribution in [-0.4, -0.2) is 35.0 Å². The van der Waals surface area contributed by atoms with Crippen LogP contribution in [0.5, 0.6) is 0 Å². The molecule has 1 aliphatic heterocycles. The Morgan fingerprint density at radius 2 is 2.00 bits per heavy atom. The third-order valence-electron chi connectivity index (χ3n) is 3.76. The van der Waals surface area contributed by atoms with E-state index in [-0.39, 0.29) is 18.2 Å². The van der Waals surface area contributed by atoms with E-state index >= 15 is 0 Å². The first-order valence-electron chi connectivity index (χ1n) is 6.93. The average molecular weight is 330 g/mol. The molecule has 1 atom stereocenters. The van der Waals surface area contributed by atoms with Crippen LogP contribution in [0.2, 0.25) is 10.0 Å². The molecule has 0 spiro atoms. The largest absolute Gasteiger partial charge is 0.481 e. The fourth-order valence-electron chi connectivity index (χ4n) is 2.65. The molecule has 6 heteroatoms. The van der Waals surface area contributed by atoms with Crippen molar-refractivity contribution < 1.29 is 14.7 Å². The second kappa shape index (κ2) is 7.14. The Morgan fingerprint density at radius 3 is 2.67 bits per heavy atom. The number of nitrogens with zero attached hydrogens (tertiary/aromatic N) is 1. The molecule has 1 heterocycles. The Morgan fingerprint density at radius 1 is 1.24 bits per heavy atom. The van der Waals surface area contributed by atoms with E-state index < -0.39 is 5.97 Å². The average Bonchev–Trinajstić information content (AvgIpc) is 2.63. The highest BCUT2D eigenvalue weighted by Gasteiger charge is 2.24. The van der Waals surface area contributed by atoms with Crippen molar-refractivity contribution in [3.05, 3.63) is 33.8 Å². The normalized spacial score (nSPS) is 19.1. The molecule has 0 saturated carbocycles. The van der Waals surface area contributed by atoms with Gasteiger partial charge in [0.2, 0.25) is 0 Å². The summed E-state index contributed by atoms with van der Waals surface area (Å²) in [5.41, 5.74) is 0.442. The minimum atomic E-state index is -0.777. The summed E-state index contributed by atoms with van der Waals surface area (Å²) >= 11 is 11.9. The van der Waals surface area contributed by atoms with Crippen molar-refractivity contribution in [3.8, 4) is 0 Å². The summed E-state index contributed by atoms with van der Waals surface area (Å²) in [4.78, 5) is 25.0. The van der Waals surface area contributed by atoms with Crippen LogP contribution in [0.25, 0.3) is 0 Å². The van der Waals surface area contributed by atoms with E-state index in [9.17, 15) is 9.59 Å². The Balaban J connectivity index is 2.04. The maximum Gasteiger partial charge on any atom is 0.303 e. The SMILES string of the molecule is O=C(O)C[C@H]1CCCN(C(=O)c2ccc(Cl)cc2Cl)CC1. The van der Waals surface area contributed by atoms with Gasteiger partial charge in [-0.1, -0.05) is 23.2 Å². The van der Waals surface area contributed by atoms with E-state index in [1.807, 2.05) is 0 Å². The lowest BCUT2D eigenvalue weighted by atomic mass is 9.97. The first-order valence-corrected chi connectivity index (χ1v) is 7.69. The Kier molecular flexibility index (Phi) is 5.48. The minimum Gasteiger partial charge on any atom is -0.481 e. The molecular formula is C15H17Cl2NO3. The van der Waals surface area contributed by atoms with E-state index in [2.05, 4.69) is 0 Å². The molecular weight excluding hydrogens is 313 g/mol. The van der Waals surface area contributed by atoms with Gasteiger partial charge in [-0.25, -0.2) is 0 Å². The van der Waals surface area contributed by atoms with Gasteiger partial charge >= 0.3 is 5.97 Å². The second-order valence-corrected chi connectivity index (χ2v) is 6.15. The number of hydrogen-bond donors (Lipinski definition) is 1. The van der Waals surface area contributed by atoms with Gasteiger partial charge in [0.05, 0.1) is 10.6 Å². The van der Waals surface area contributed by atoms with Gasteiger partial charge < -0.3 is 10.0 Å².